The van der Waals surface area contributed by atoms with Crippen molar-refractivity contribution in [3.8, 4) is 0 Å². The molecule has 3 nitrogen and oxygen atoms in total. The number of nitrogens with one attached hydrogen (secondary N) is 1. The molecule has 0 unspecified atom stereocenters. The fraction of sp³-hybridized carbons (Fsp3) is 0.100. The zero-order valence-corrected chi connectivity index (χ0v) is 7.98. The molecule has 1 aromatic heterocycles. The highest BCUT2D eigenvalue weighted by Crippen LogP contribution is 2.20. The highest BCUT2D eigenvalue weighted by Gasteiger charge is 2.15. The van der Waals surface area contributed by atoms with Gasteiger partial charge in [-0.2, -0.15) is 0 Å². The van der Waals surface area contributed by atoms with Crippen LogP contribution < -0.4 is 11.3 Å². The van der Waals surface area contributed by atoms with E-state index in [0.717, 1.165) is 6.07 Å². The van der Waals surface area contributed by atoms with E-state index in [1.54, 1.807) is 0 Å². The Hall–Kier alpha value is -1.82. The summed E-state index contributed by atoms with van der Waals surface area (Å²) < 4.78 is 39.0. The molecule has 84 valence electrons. The van der Waals surface area contributed by atoms with E-state index in [4.69, 9.17) is 5.73 Å². The minimum absolute atomic E-state index is 0.0636. The molecule has 0 spiro atoms. The van der Waals surface area contributed by atoms with Gasteiger partial charge in [0.2, 0.25) is 0 Å². The van der Waals surface area contributed by atoms with Gasteiger partial charge in [-0.1, -0.05) is 0 Å². The van der Waals surface area contributed by atoms with Crippen LogP contribution in [0.2, 0.25) is 0 Å². The van der Waals surface area contributed by atoms with Crippen molar-refractivity contribution in [1.29, 1.82) is 0 Å². The second-order valence-corrected chi connectivity index (χ2v) is 3.28. The van der Waals surface area contributed by atoms with Crippen LogP contribution >= 0.6 is 0 Å². The van der Waals surface area contributed by atoms with Crippen LogP contribution in [0.5, 0.6) is 0 Å². The first-order valence-corrected chi connectivity index (χ1v) is 4.44. The fourth-order valence-corrected chi connectivity index (χ4v) is 1.45. The van der Waals surface area contributed by atoms with Crippen molar-refractivity contribution in [3.63, 3.8) is 0 Å². The van der Waals surface area contributed by atoms with Gasteiger partial charge in [0.25, 0.3) is 5.56 Å². The Morgan fingerprint density at radius 2 is 1.88 bits per heavy atom. The molecule has 6 heteroatoms. The van der Waals surface area contributed by atoms with Crippen LogP contribution in [0, 0.1) is 17.5 Å². The van der Waals surface area contributed by atoms with Crippen LogP contribution in [0.25, 0.3) is 10.9 Å². The van der Waals surface area contributed by atoms with Gasteiger partial charge in [0.15, 0.2) is 17.5 Å². The number of nitrogens with two attached hydrogens (primary N) is 1. The maximum Gasteiger partial charge on any atom is 0.253 e. The number of H-pyrrole nitrogens is 1. The number of hydrogen-bond acceptors (Lipinski definition) is 2. The number of rotatable bonds is 1. The highest BCUT2D eigenvalue weighted by atomic mass is 19.2. The Morgan fingerprint density at radius 3 is 2.50 bits per heavy atom. The lowest BCUT2D eigenvalue weighted by Gasteiger charge is -2.03. The topological polar surface area (TPSA) is 58.9 Å². The zero-order valence-electron chi connectivity index (χ0n) is 7.98. The number of aromatic nitrogens is 1. The first-order chi connectivity index (χ1) is 7.54. The highest BCUT2D eigenvalue weighted by molar-refractivity contribution is 5.79. The standard InChI is InChI=1S/C10H7F3N2O/c11-6-2-4-1-5(3-14)10(16)15-9(4)8(13)7(6)12/h1-2H,3,14H2,(H,15,16). The number of fused-ring (bicyclic) bond motifs is 1. The third kappa shape index (κ3) is 1.47. The number of hydrogen-bond donors (Lipinski definition) is 2. The molecule has 2 aromatic rings. The SMILES string of the molecule is NCc1cc2cc(F)c(F)c(F)c2[nH]c1=O. The summed E-state index contributed by atoms with van der Waals surface area (Å²) in [7, 11) is 0. The monoisotopic (exact) mass is 228 g/mol. The van der Waals surface area contributed by atoms with Crippen molar-refractivity contribution in [2.24, 2.45) is 5.73 Å². The summed E-state index contributed by atoms with van der Waals surface area (Å²) in [4.78, 5) is 13.4. The average Bonchev–Trinajstić information content (AvgIpc) is 2.27. The zero-order chi connectivity index (χ0) is 11.9. The Kier molecular flexibility index (Phi) is 2.43. The van der Waals surface area contributed by atoms with Crippen molar-refractivity contribution in [2.75, 3.05) is 0 Å². The third-order valence-electron chi connectivity index (χ3n) is 2.27. The number of benzene rings is 1. The van der Waals surface area contributed by atoms with Crippen molar-refractivity contribution < 1.29 is 13.2 Å². The first-order valence-electron chi connectivity index (χ1n) is 4.44. The van der Waals surface area contributed by atoms with Gasteiger partial charge < -0.3 is 10.7 Å². The lowest BCUT2D eigenvalue weighted by Crippen LogP contribution is -2.16. The van der Waals surface area contributed by atoms with Crippen LogP contribution in [0.3, 0.4) is 0 Å². The largest absolute Gasteiger partial charge is 0.326 e. The molecule has 1 aromatic carbocycles. The molecular formula is C10H7F3N2O. The van der Waals surface area contributed by atoms with E-state index in [0.29, 0.717) is 0 Å². The lowest BCUT2D eigenvalue weighted by atomic mass is 10.1. The molecule has 0 aliphatic heterocycles. The minimum Gasteiger partial charge on any atom is -0.326 e. The number of aromatic amines is 1. The third-order valence-corrected chi connectivity index (χ3v) is 2.27. The van der Waals surface area contributed by atoms with Gasteiger partial charge in [-0.3, -0.25) is 4.79 Å². The van der Waals surface area contributed by atoms with Gasteiger partial charge >= 0.3 is 0 Å². The summed E-state index contributed by atoms with van der Waals surface area (Å²) in [5, 5.41) is 0.0662. The van der Waals surface area contributed by atoms with E-state index in [1.807, 2.05) is 0 Å². The predicted molar refractivity (Wildman–Crippen MR) is 52.3 cm³/mol. The van der Waals surface area contributed by atoms with Gasteiger partial charge in [-0.25, -0.2) is 13.2 Å². The molecule has 0 saturated carbocycles. The Morgan fingerprint density at radius 1 is 1.19 bits per heavy atom. The molecule has 0 atom stereocenters. The molecule has 0 saturated heterocycles. The van der Waals surface area contributed by atoms with Crippen LogP contribution in [-0.4, -0.2) is 4.98 Å². The molecule has 0 radical (unpaired) electrons. The molecule has 0 aliphatic carbocycles. The van der Waals surface area contributed by atoms with Crippen LogP contribution in [0.4, 0.5) is 13.2 Å². The van der Waals surface area contributed by atoms with E-state index in [-0.39, 0.29) is 23.0 Å². The van der Waals surface area contributed by atoms with E-state index in [9.17, 15) is 18.0 Å². The Bertz CT molecular complexity index is 621. The van der Waals surface area contributed by atoms with Crippen molar-refractivity contribution in [3.05, 3.63) is 45.5 Å². The van der Waals surface area contributed by atoms with Crippen molar-refractivity contribution in [2.45, 2.75) is 6.54 Å². The van der Waals surface area contributed by atoms with Crippen LogP contribution in [0.15, 0.2) is 16.9 Å². The quantitative estimate of drug-likeness (QED) is 0.725. The summed E-state index contributed by atoms with van der Waals surface area (Å²) in [6.07, 6.45) is 0. The van der Waals surface area contributed by atoms with Gasteiger partial charge in [0.1, 0.15) is 0 Å². The number of halogens is 3. The smallest absolute Gasteiger partial charge is 0.253 e. The first kappa shape index (κ1) is 10.7. The maximum absolute atomic E-state index is 13.3. The van der Waals surface area contributed by atoms with E-state index >= 15 is 0 Å². The molecule has 0 amide bonds. The summed E-state index contributed by atoms with van der Waals surface area (Å²) >= 11 is 0. The lowest BCUT2D eigenvalue weighted by molar-refractivity contribution is 0.452. The van der Waals surface area contributed by atoms with E-state index in [1.165, 1.54) is 6.07 Å². The predicted octanol–water partition coefficient (Wildman–Crippen LogP) is 1.40. The average molecular weight is 228 g/mol. The number of pyridine rings is 1. The molecule has 16 heavy (non-hydrogen) atoms. The molecule has 3 N–H and O–H groups in total. The summed E-state index contributed by atoms with van der Waals surface area (Å²) in [5.74, 6) is -4.32. The van der Waals surface area contributed by atoms with Crippen molar-refractivity contribution >= 4 is 10.9 Å². The minimum atomic E-state index is -1.61. The van der Waals surface area contributed by atoms with Gasteiger partial charge in [-0.15, -0.1) is 0 Å². The fourth-order valence-electron chi connectivity index (χ4n) is 1.45. The van der Waals surface area contributed by atoms with Crippen LogP contribution in [-0.2, 0) is 6.54 Å². The molecule has 0 aliphatic rings. The normalized spacial score (nSPS) is 11.0. The molecular weight excluding hydrogens is 221 g/mol. The Balaban J connectivity index is 2.92. The maximum atomic E-state index is 13.3. The van der Waals surface area contributed by atoms with Crippen LogP contribution in [0.1, 0.15) is 5.56 Å². The molecule has 0 bridgehead atoms. The molecule has 0 fully saturated rings. The van der Waals surface area contributed by atoms with Gasteiger partial charge in [0, 0.05) is 17.5 Å². The molecule has 2 rings (SSSR count). The van der Waals surface area contributed by atoms with E-state index in [2.05, 4.69) is 4.98 Å². The van der Waals surface area contributed by atoms with E-state index < -0.39 is 23.0 Å². The van der Waals surface area contributed by atoms with Gasteiger partial charge in [-0.05, 0) is 12.1 Å². The van der Waals surface area contributed by atoms with Gasteiger partial charge in [0.05, 0.1) is 5.52 Å². The van der Waals surface area contributed by atoms with Crippen molar-refractivity contribution in [1.82, 2.24) is 4.98 Å². The molecule has 1 heterocycles. The Labute approximate surface area is 87.7 Å². The summed E-state index contributed by atoms with van der Waals surface area (Å²) in [6, 6.07) is 2.04. The second kappa shape index (κ2) is 3.64. The second-order valence-electron chi connectivity index (χ2n) is 3.28. The summed E-state index contributed by atoms with van der Waals surface area (Å²) in [6.45, 7) is -0.0636. The summed E-state index contributed by atoms with van der Waals surface area (Å²) in [5.41, 5.74) is 4.47.